The summed E-state index contributed by atoms with van der Waals surface area (Å²) in [6, 6.07) is 7.99. The summed E-state index contributed by atoms with van der Waals surface area (Å²) in [5.74, 6) is -3.50. The molecule has 3 N–H and O–H groups in total. The van der Waals surface area contributed by atoms with Crippen LogP contribution in [0.15, 0.2) is 68.8 Å². The van der Waals surface area contributed by atoms with Gasteiger partial charge in [0.1, 0.15) is 0 Å². The van der Waals surface area contributed by atoms with Gasteiger partial charge in [-0.15, -0.1) is 0 Å². The van der Waals surface area contributed by atoms with Crippen LogP contribution in [0.3, 0.4) is 0 Å². The molecule has 2 aromatic carbocycles. The van der Waals surface area contributed by atoms with E-state index in [0.29, 0.717) is 0 Å². The van der Waals surface area contributed by atoms with Crippen LogP contribution in [0.2, 0.25) is 0 Å². The highest BCUT2D eigenvalue weighted by Gasteiger charge is 2.41. The van der Waals surface area contributed by atoms with Crippen LogP contribution in [-0.2, 0) is 19.7 Å². The lowest BCUT2D eigenvalue weighted by molar-refractivity contribution is -0.130. The van der Waals surface area contributed by atoms with E-state index in [1.807, 2.05) is 0 Å². The third-order valence-electron chi connectivity index (χ3n) is 3.91. The second-order valence-electron chi connectivity index (χ2n) is 5.88. The van der Waals surface area contributed by atoms with Gasteiger partial charge in [0.05, 0.1) is 21.8 Å². The number of aromatic carboxylic acids is 1. The van der Waals surface area contributed by atoms with Crippen molar-refractivity contribution in [2.75, 3.05) is 5.01 Å². The van der Waals surface area contributed by atoms with E-state index in [-0.39, 0.29) is 16.9 Å². The Kier molecular flexibility index (Phi) is 5.40. The molecule has 30 heavy (non-hydrogen) atoms. The van der Waals surface area contributed by atoms with Crippen LogP contribution >= 0.6 is 0 Å². The summed E-state index contributed by atoms with van der Waals surface area (Å²) in [6.45, 7) is 0. The fourth-order valence-electron chi connectivity index (χ4n) is 2.45. The average molecular weight is 432 g/mol. The molecule has 1 amide bonds. The van der Waals surface area contributed by atoms with Crippen LogP contribution < -0.4 is 5.01 Å². The van der Waals surface area contributed by atoms with E-state index in [4.69, 9.17) is 9.66 Å². The van der Waals surface area contributed by atoms with Gasteiger partial charge in [-0.25, -0.2) is 9.59 Å². The highest BCUT2D eigenvalue weighted by molar-refractivity contribution is 7.85. The van der Waals surface area contributed by atoms with Gasteiger partial charge in [0.25, 0.3) is 16.0 Å². The van der Waals surface area contributed by atoms with Crippen molar-refractivity contribution >= 4 is 45.1 Å². The highest BCUT2D eigenvalue weighted by atomic mass is 32.2. The molecule has 0 saturated carbocycles. The quantitative estimate of drug-likeness (QED) is 0.453. The number of rotatable bonds is 6. The number of nitrogens with zero attached hydrogens (tertiary/aromatic N) is 4. The molecule has 1 aliphatic heterocycles. The highest BCUT2D eigenvalue weighted by Crippen LogP contribution is 2.25. The Morgan fingerprint density at radius 2 is 1.57 bits per heavy atom. The maximum atomic E-state index is 12.6. The van der Waals surface area contributed by atoms with Gasteiger partial charge < -0.3 is 10.2 Å². The Labute approximate surface area is 168 Å². The maximum absolute atomic E-state index is 12.6. The molecule has 2 aromatic rings. The van der Waals surface area contributed by atoms with Crippen LogP contribution in [0.1, 0.15) is 10.4 Å². The molecule has 0 unspecified atom stereocenters. The Balaban J connectivity index is 1.87. The van der Waals surface area contributed by atoms with Gasteiger partial charge >= 0.3 is 11.9 Å². The largest absolute Gasteiger partial charge is 0.478 e. The molecule has 154 valence electrons. The van der Waals surface area contributed by atoms with Crippen molar-refractivity contribution in [1.29, 1.82) is 0 Å². The Hall–Kier alpha value is -3.97. The number of carboxylic acids is 2. The third-order valence-corrected chi connectivity index (χ3v) is 4.78. The van der Waals surface area contributed by atoms with E-state index < -0.39 is 44.6 Å². The van der Waals surface area contributed by atoms with E-state index >= 15 is 0 Å². The number of hydrogen-bond acceptors (Lipinski definition) is 8. The lowest BCUT2D eigenvalue weighted by Crippen LogP contribution is -2.33. The molecule has 1 atom stereocenters. The zero-order chi connectivity index (χ0) is 22.1. The first-order valence-electron chi connectivity index (χ1n) is 8.05. The molecule has 0 spiro atoms. The van der Waals surface area contributed by atoms with E-state index in [9.17, 15) is 27.9 Å². The fraction of sp³-hybridized carbons (Fsp3) is 0.0588. The molecule has 0 fully saturated rings. The van der Waals surface area contributed by atoms with Gasteiger partial charge in [-0.3, -0.25) is 9.35 Å². The van der Waals surface area contributed by atoms with Crippen molar-refractivity contribution in [3.05, 3.63) is 54.1 Å². The van der Waals surface area contributed by atoms with Gasteiger partial charge in [-0.1, -0.05) is 0 Å². The number of amides is 1. The third kappa shape index (κ3) is 4.21. The van der Waals surface area contributed by atoms with Crippen molar-refractivity contribution in [2.45, 2.75) is 10.9 Å². The second-order valence-corrected chi connectivity index (χ2v) is 7.30. The van der Waals surface area contributed by atoms with E-state index in [2.05, 4.69) is 15.3 Å². The summed E-state index contributed by atoms with van der Waals surface area (Å²) in [6.07, 6.45) is 0. The van der Waals surface area contributed by atoms with Crippen LogP contribution in [0.4, 0.5) is 11.4 Å². The summed E-state index contributed by atoms with van der Waals surface area (Å²) in [5, 5.41) is 30.1. The minimum absolute atomic E-state index is 0.0122. The molecule has 0 aliphatic carbocycles. The Bertz CT molecular complexity index is 1190. The molecule has 1 aliphatic rings. The van der Waals surface area contributed by atoms with Gasteiger partial charge in [0, 0.05) is 0 Å². The predicted molar refractivity (Wildman–Crippen MR) is 101 cm³/mol. The summed E-state index contributed by atoms with van der Waals surface area (Å²) < 4.78 is 31.2. The zero-order valence-electron chi connectivity index (χ0n) is 14.8. The minimum Gasteiger partial charge on any atom is -0.478 e. The first-order valence-corrected chi connectivity index (χ1v) is 9.49. The average Bonchev–Trinajstić information content (AvgIpc) is 3.02. The summed E-state index contributed by atoms with van der Waals surface area (Å²) in [4.78, 5) is 34.5. The first kappa shape index (κ1) is 20.8. The number of carbonyl (C=O) groups excluding carboxylic acids is 1. The van der Waals surface area contributed by atoms with Crippen molar-refractivity contribution in [1.82, 2.24) is 0 Å². The number of benzene rings is 2. The Morgan fingerprint density at radius 1 is 0.967 bits per heavy atom. The SMILES string of the molecule is O=C(O)C1=NN(c2ccc(S(=O)(=O)O)cc2)C(=O)[C@H]1N=Nc1ccc(C(=O)O)cc1. The molecule has 12 nitrogen and oxygen atoms in total. The fourth-order valence-corrected chi connectivity index (χ4v) is 2.93. The van der Waals surface area contributed by atoms with E-state index in [1.54, 1.807) is 0 Å². The Morgan fingerprint density at radius 3 is 2.07 bits per heavy atom. The molecular weight excluding hydrogens is 420 g/mol. The molecule has 0 radical (unpaired) electrons. The van der Waals surface area contributed by atoms with Gasteiger partial charge in [0.15, 0.2) is 5.71 Å². The molecule has 0 bridgehead atoms. The normalized spacial score (nSPS) is 16.7. The molecule has 1 heterocycles. The van der Waals surface area contributed by atoms with Crippen LogP contribution in [0, 0.1) is 0 Å². The van der Waals surface area contributed by atoms with E-state index in [1.165, 1.54) is 24.3 Å². The monoisotopic (exact) mass is 432 g/mol. The summed E-state index contributed by atoms with van der Waals surface area (Å²) in [5.41, 5.74) is -0.355. The number of aliphatic carboxylic acids is 1. The maximum Gasteiger partial charge on any atom is 0.355 e. The van der Waals surface area contributed by atoms with Crippen LogP contribution in [-0.4, -0.2) is 52.8 Å². The van der Waals surface area contributed by atoms with E-state index in [0.717, 1.165) is 29.3 Å². The van der Waals surface area contributed by atoms with Crippen molar-refractivity contribution < 1.29 is 37.6 Å². The number of hydrogen-bond donors (Lipinski definition) is 3. The van der Waals surface area contributed by atoms with Crippen LogP contribution in [0.5, 0.6) is 0 Å². The smallest absolute Gasteiger partial charge is 0.355 e. The lowest BCUT2D eigenvalue weighted by atomic mass is 10.2. The number of anilines is 1. The number of azo groups is 1. The van der Waals surface area contributed by atoms with Gasteiger partial charge in [0.2, 0.25) is 6.04 Å². The first-order chi connectivity index (χ1) is 14.1. The van der Waals surface area contributed by atoms with Crippen molar-refractivity contribution in [3.63, 3.8) is 0 Å². The molecule has 3 rings (SSSR count). The lowest BCUT2D eigenvalue weighted by Gasteiger charge is -2.12. The second kappa shape index (κ2) is 7.81. The van der Waals surface area contributed by atoms with Gasteiger partial charge in [-0.05, 0) is 48.5 Å². The number of carbonyl (C=O) groups is 3. The molecule has 0 saturated heterocycles. The zero-order valence-corrected chi connectivity index (χ0v) is 15.6. The molecule has 13 heteroatoms. The van der Waals surface area contributed by atoms with Crippen molar-refractivity contribution in [3.8, 4) is 0 Å². The summed E-state index contributed by atoms with van der Waals surface area (Å²) >= 11 is 0. The number of carboxylic acid groups (broad SMARTS) is 2. The molecule has 0 aromatic heterocycles. The molecular formula is C17H12N4O8S. The summed E-state index contributed by atoms with van der Waals surface area (Å²) in [7, 11) is -4.44. The minimum atomic E-state index is -4.44. The number of hydrazone groups is 1. The predicted octanol–water partition coefficient (Wildman–Crippen LogP) is 1.57. The standard InChI is InChI=1S/C17H12N4O8S/c22-15-13(19-18-10-3-1-9(2-4-10)16(23)24)14(17(25)26)20-21(15)11-5-7-12(8-6-11)30(27,28)29/h1-8,13H,(H,23,24)(H,25,26)(H,27,28,29)/t13-/m0/s1. The van der Waals surface area contributed by atoms with Gasteiger partial charge in [-0.2, -0.15) is 28.8 Å². The topological polar surface area (TPSA) is 186 Å². The van der Waals surface area contributed by atoms with Crippen LogP contribution in [0.25, 0.3) is 0 Å². The van der Waals surface area contributed by atoms with Crippen molar-refractivity contribution in [2.24, 2.45) is 15.3 Å².